The fraction of sp³-hybridized carbons (Fsp3) is 0.533. The molecule has 2 saturated carbocycles. The summed E-state index contributed by atoms with van der Waals surface area (Å²) >= 11 is 0. The van der Waals surface area contributed by atoms with Gasteiger partial charge in [0.2, 0.25) is 5.91 Å². The number of amides is 1. The van der Waals surface area contributed by atoms with Crippen LogP contribution < -0.4 is 5.32 Å². The van der Waals surface area contributed by atoms with Gasteiger partial charge in [0.05, 0.1) is 6.04 Å². The quantitative estimate of drug-likeness (QED) is 0.845. The Morgan fingerprint density at radius 2 is 1.94 bits per heavy atom. The molecule has 0 aromatic heterocycles. The Kier molecular flexibility index (Phi) is 2.65. The molecule has 0 bridgehead atoms. The highest BCUT2D eigenvalue weighted by atomic mass is 16.2. The summed E-state index contributed by atoms with van der Waals surface area (Å²) in [7, 11) is 0. The third kappa shape index (κ3) is 2.36. The first-order chi connectivity index (χ1) is 8.25. The summed E-state index contributed by atoms with van der Waals surface area (Å²) in [4.78, 5) is 12.0. The average Bonchev–Trinajstić information content (AvgIpc) is 3.22. The third-order valence-electron chi connectivity index (χ3n) is 4.00. The topological polar surface area (TPSA) is 29.1 Å². The minimum absolute atomic E-state index is 0.247. The minimum atomic E-state index is 0.247. The van der Waals surface area contributed by atoms with Gasteiger partial charge in [0.15, 0.2) is 0 Å². The molecule has 1 aromatic rings. The van der Waals surface area contributed by atoms with Gasteiger partial charge in [-0.05, 0) is 36.7 Å². The lowest BCUT2D eigenvalue weighted by molar-refractivity contribution is -0.123. The van der Waals surface area contributed by atoms with E-state index < -0.39 is 0 Å². The second kappa shape index (κ2) is 4.17. The molecule has 1 amide bonds. The van der Waals surface area contributed by atoms with E-state index in [1.54, 1.807) is 0 Å². The highest BCUT2D eigenvalue weighted by Gasteiger charge is 2.41. The number of carbonyl (C=O) groups excluding carboxylic acids is 1. The van der Waals surface area contributed by atoms with Crippen molar-refractivity contribution in [3.8, 4) is 0 Å². The van der Waals surface area contributed by atoms with Crippen molar-refractivity contribution in [2.24, 2.45) is 17.8 Å². The minimum Gasteiger partial charge on any atom is -0.349 e. The molecule has 2 fully saturated rings. The van der Waals surface area contributed by atoms with Crippen LogP contribution in [-0.2, 0) is 4.79 Å². The van der Waals surface area contributed by atoms with Gasteiger partial charge < -0.3 is 5.32 Å². The van der Waals surface area contributed by atoms with Crippen molar-refractivity contribution in [1.29, 1.82) is 0 Å². The van der Waals surface area contributed by atoms with E-state index in [-0.39, 0.29) is 17.9 Å². The molecule has 0 saturated heterocycles. The number of rotatable bonds is 4. The van der Waals surface area contributed by atoms with Crippen LogP contribution in [0.2, 0.25) is 0 Å². The van der Waals surface area contributed by atoms with Gasteiger partial charge in [0, 0.05) is 5.92 Å². The lowest BCUT2D eigenvalue weighted by Gasteiger charge is -2.18. The van der Waals surface area contributed by atoms with Gasteiger partial charge in [-0.3, -0.25) is 4.79 Å². The number of nitrogens with one attached hydrogen (secondary N) is 1. The SMILES string of the molecule is C[C@@H]1C[C@@H]1C(=O)N[C@H](c1ccccc1)C1CC1. The lowest BCUT2D eigenvalue weighted by atomic mass is 10.0. The molecule has 2 aliphatic carbocycles. The molecule has 2 aliphatic rings. The summed E-state index contributed by atoms with van der Waals surface area (Å²) < 4.78 is 0. The van der Waals surface area contributed by atoms with Crippen LogP contribution in [0.3, 0.4) is 0 Å². The molecule has 90 valence electrons. The highest BCUT2D eigenvalue weighted by Crippen LogP contribution is 2.43. The van der Waals surface area contributed by atoms with Crippen molar-refractivity contribution in [1.82, 2.24) is 5.32 Å². The molecule has 3 rings (SSSR count). The normalized spacial score (nSPS) is 28.5. The maximum absolute atomic E-state index is 12.0. The van der Waals surface area contributed by atoms with E-state index in [9.17, 15) is 4.79 Å². The van der Waals surface area contributed by atoms with E-state index >= 15 is 0 Å². The van der Waals surface area contributed by atoms with E-state index in [4.69, 9.17) is 0 Å². The van der Waals surface area contributed by atoms with E-state index in [0.29, 0.717) is 11.8 Å². The first-order valence-corrected chi connectivity index (χ1v) is 6.61. The molecule has 1 aromatic carbocycles. The summed E-state index contributed by atoms with van der Waals surface area (Å²) in [6, 6.07) is 10.6. The Labute approximate surface area is 102 Å². The van der Waals surface area contributed by atoms with Gasteiger partial charge in [0.25, 0.3) is 0 Å². The van der Waals surface area contributed by atoms with Gasteiger partial charge in [0.1, 0.15) is 0 Å². The summed E-state index contributed by atoms with van der Waals surface area (Å²) in [5.41, 5.74) is 1.26. The zero-order chi connectivity index (χ0) is 11.8. The maximum atomic E-state index is 12.0. The van der Waals surface area contributed by atoms with Gasteiger partial charge in [-0.25, -0.2) is 0 Å². The molecule has 2 heteroatoms. The molecule has 0 radical (unpaired) electrons. The van der Waals surface area contributed by atoms with Crippen molar-refractivity contribution in [3.05, 3.63) is 35.9 Å². The molecule has 0 unspecified atom stereocenters. The summed E-state index contributed by atoms with van der Waals surface area (Å²) in [6.07, 6.45) is 3.57. The number of hydrogen-bond donors (Lipinski definition) is 1. The molecular weight excluding hydrogens is 210 g/mol. The first-order valence-electron chi connectivity index (χ1n) is 6.61. The van der Waals surface area contributed by atoms with E-state index in [2.05, 4.69) is 36.5 Å². The summed E-state index contributed by atoms with van der Waals surface area (Å²) in [5.74, 6) is 1.79. The Balaban J connectivity index is 1.70. The van der Waals surface area contributed by atoms with Gasteiger partial charge >= 0.3 is 0 Å². The average molecular weight is 229 g/mol. The fourth-order valence-electron chi connectivity index (χ4n) is 2.51. The van der Waals surface area contributed by atoms with Crippen LogP contribution in [0.5, 0.6) is 0 Å². The van der Waals surface area contributed by atoms with E-state index in [1.165, 1.54) is 18.4 Å². The molecule has 0 spiro atoms. The van der Waals surface area contributed by atoms with Crippen LogP contribution in [0.15, 0.2) is 30.3 Å². The zero-order valence-electron chi connectivity index (χ0n) is 10.2. The monoisotopic (exact) mass is 229 g/mol. The van der Waals surface area contributed by atoms with Crippen LogP contribution in [0.25, 0.3) is 0 Å². The maximum Gasteiger partial charge on any atom is 0.223 e. The summed E-state index contributed by atoms with van der Waals surface area (Å²) in [5, 5.41) is 3.25. The lowest BCUT2D eigenvalue weighted by Crippen LogP contribution is -2.31. The molecule has 0 heterocycles. The van der Waals surface area contributed by atoms with E-state index in [0.717, 1.165) is 6.42 Å². The number of hydrogen-bond acceptors (Lipinski definition) is 1. The predicted octanol–water partition coefficient (Wildman–Crippen LogP) is 2.91. The van der Waals surface area contributed by atoms with Crippen molar-refractivity contribution in [2.45, 2.75) is 32.2 Å². The van der Waals surface area contributed by atoms with Crippen molar-refractivity contribution in [3.63, 3.8) is 0 Å². The highest BCUT2D eigenvalue weighted by molar-refractivity contribution is 5.81. The Morgan fingerprint density at radius 1 is 1.29 bits per heavy atom. The predicted molar refractivity (Wildman–Crippen MR) is 67.3 cm³/mol. The standard InChI is InChI=1S/C15H19NO/c1-10-9-13(10)15(17)16-14(12-7-8-12)11-5-3-2-4-6-11/h2-6,10,12-14H,7-9H2,1H3,(H,16,17)/t10-,13+,14-/m1/s1. The largest absolute Gasteiger partial charge is 0.349 e. The number of carbonyl (C=O) groups is 1. The Morgan fingerprint density at radius 3 is 2.47 bits per heavy atom. The second-order valence-electron chi connectivity index (χ2n) is 5.55. The number of benzene rings is 1. The third-order valence-corrected chi connectivity index (χ3v) is 4.00. The van der Waals surface area contributed by atoms with Gasteiger partial charge in [-0.15, -0.1) is 0 Å². The second-order valence-corrected chi connectivity index (χ2v) is 5.55. The summed E-state index contributed by atoms with van der Waals surface area (Å²) in [6.45, 7) is 2.15. The molecule has 17 heavy (non-hydrogen) atoms. The molecule has 0 aliphatic heterocycles. The Hall–Kier alpha value is -1.31. The Bertz CT molecular complexity index is 410. The van der Waals surface area contributed by atoms with Crippen LogP contribution in [0.4, 0.5) is 0 Å². The first kappa shape index (κ1) is 10.8. The fourth-order valence-corrected chi connectivity index (χ4v) is 2.51. The van der Waals surface area contributed by atoms with Crippen molar-refractivity contribution >= 4 is 5.91 Å². The molecular formula is C15H19NO. The van der Waals surface area contributed by atoms with Crippen LogP contribution in [0.1, 0.15) is 37.8 Å². The van der Waals surface area contributed by atoms with Gasteiger partial charge in [-0.2, -0.15) is 0 Å². The molecule has 2 nitrogen and oxygen atoms in total. The van der Waals surface area contributed by atoms with Crippen LogP contribution in [-0.4, -0.2) is 5.91 Å². The van der Waals surface area contributed by atoms with Crippen molar-refractivity contribution < 1.29 is 4.79 Å². The smallest absolute Gasteiger partial charge is 0.223 e. The molecule has 1 N–H and O–H groups in total. The molecule has 3 atom stereocenters. The zero-order valence-corrected chi connectivity index (χ0v) is 10.2. The van der Waals surface area contributed by atoms with Crippen LogP contribution >= 0.6 is 0 Å². The van der Waals surface area contributed by atoms with Crippen LogP contribution in [0, 0.1) is 17.8 Å². The van der Waals surface area contributed by atoms with Crippen molar-refractivity contribution in [2.75, 3.05) is 0 Å². The van der Waals surface area contributed by atoms with E-state index in [1.807, 2.05) is 6.07 Å². The van der Waals surface area contributed by atoms with Gasteiger partial charge in [-0.1, -0.05) is 37.3 Å².